The molecule has 0 amide bonds. The molecule has 2 aromatic rings. The molecule has 3 rings (SSSR count). The third-order valence-corrected chi connectivity index (χ3v) is 6.34. The first kappa shape index (κ1) is 19.2. The lowest BCUT2D eigenvalue weighted by Crippen LogP contribution is -2.27. The number of guanidine groups is 1. The van der Waals surface area contributed by atoms with E-state index in [1.54, 1.807) is 31.4 Å². The molecule has 0 bridgehead atoms. The standard InChI is InChI=1S/C19H24N4O3S/c1-26-18-7-3-2-6-17(18)22-19(20)21-14-15-8-10-16(11-9-15)27(24,25)23-12-4-5-13-23/h2-3,6-11H,4-5,12-14H2,1H3,(H3,20,21,22). The van der Waals surface area contributed by atoms with Crippen LogP contribution < -0.4 is 15.8 Å². The maximum Gasteiger partial charge on any atom is 0.243 e. The van der Waals surface area contributed by atoms with Crippen LogP contribution >= 0.6 is 0 Å². The number of nitrogens with one attached hydrogen (secondary N) is 1. The van der Waals surface area contributed by atoms with E-state index >= 15 is 0 Å². The minimum Gasteiger partial charge on any atom is -0.495 e. The summed E-state index contributed by atoms with van der Waals surface area (Å²) in [7, 11) is -1.80. The summed E-state index contributed by atoms with van der Waals surface area (Å²) in [5, 5.41) is 3.00. The number of hydrogen-bond acceptors (Lipinski definition) is 4. The molecule has 1 fully saturated rings. The maximum absolute atomic E-state index is 12.5. The van der Waals surface area contributed by atoms with Gasteiger partial charge in [0.15, 0.2) is 5.96 Å². The van der Waals surface area contributed by atoms with Crippen molar-refractivity contribution in [2.75, 3.05) is 25.5 Å². The molecule has 0 radical (unpaired) electrons. The quantitative estimate of drug-likeness (QED) is 0.585. The van der Waals surface area contributed by atoms with Crippen molar-refractivity contribution in [3.8, 4) is 5.75 Å². The summed E-state index contributed by atoms with van der Waals surface area (Å²) < 4.78 is 31.9. The molecule has 0 aliphatic carbocycles. The number of anilines is 1. The maximum atomic E-state index is 12.5. The number of methoxy groups -OCH3 is 1. The highest BCUT2D eigenvalue weighted by atomic mass is 32.2. The van der Waals surface area contributed by atoms with Gasteiger partial charge in [-0.05, 0) is 42.7 Å². The molecular formula is C19H24N4O3S. The first-order valence-electron chi connectivity index (χ1n) is 8.80. The smallest absolute Gasteiger partial charge is 0.243 e. The average molecular weight is 388 g/mol. The van der Waals surface area contributed by atoms with E-state index in [9.17, 15) is 8.42 Å². The lowest BCUT2D eigenvalue weighted by atomic mass is 10.2. The minimum atomic E-state index is -3.39. The van der Waals surface area contributed by atoms with Crippen molar-refractivity contribution < 1.29 is 13.2 Å². The Kier molecular flexibility index (Phi) is 5.98. The second-order valence-electron chi connectivity index (χ2n) is 6.28. The highest BCUT2D eigenvalue weighted by molar-refractivity contribution is 7.89. The number of nitrogens with two attached hydrogens (primary N) is 1. The van der Waals surface area contributed by atoms with E-state index in [-0.39, 0.29) is 5.96 Å². The molecule has 7 nitrogen and oxygen atoms in total. The van der Waals surface area contributed by atoms with E-state index in [0.717, 1.165) is 24.1 Å². The Hall–Kier alpha value is -2.58. The van der Waals surface area contributed by atoms with Crippen molar-refractivity contribution in [1.82, 2.24) is 4.31 Å². The molecular weight excluding hydrogens is 364 g/mol. The zero-order chi connectivity index (χ0) is 19.3. The van der Waals surface area contributed by atoms with Crippen LogP contribution in [-0.2, 0) is 16.6 Å². The van der Waals surface area contributed by atoms with Crippen LogP contribution in [0.3, 0.4) is 0 Å². The first-order valence-corrected chi connectivity index (χ1v) is 10.2. The van der Waals surface area contributed by atoms with Crippen LogP contribution in [0.5, 0.6) is 5.75 Å². The van der Waals surface area contributed by atoms with Gasteiger partial charge in [0.25, 0.3) is 0 Å². The third-order valence-electron chi connectivity index (χ3n) is 4.43. The molecule has 1 heterocycles. The van der Waals surface area contributed by atoms with Gasteiger partial charge in [-0.15, -0.1) is 0 Å². The Balaban J connectivity index is 1.65. The topological polar surface area (TPSA) is 97.0 Å². The zero-order valence-corrected chi connectivity index (χ0v) is 16.1. The molecule has 1 aliphatic heterocycles. The van der Waals surface area contributed by atoms with Crippen molar-refractivity contribution in [3.63, 3.8) is 0 Å². The number of rotatable bonds is 6. The van der Waals surface area contributed by atoms with Gasteiger partial charge in [0.2, 0.25) is 10.0 Å². The Morgan fingerprint density at radius 3 is 2.48 bits per heavy atom. The monoisotopic (exact) mass is 388 g/mol. The van der Waals surface area contributed by atoms with Gasteiger partial charge in [0, 0.05) is 13.1 Å². The van der Waals surface area contributed by atoms with Crippen molar-refractivity contribution in [3.05, 3.63) is 54.1 Å². The van der Waals surface area contributed by atoms with Crippen LogP contribution in [0.25, 0.3) is 0 Å². The number of hydrogen-bond donors (Lipinski definition) is 2. The van der Waals surface area contributed by atoms with Gasteiger partial charge in [-0.1, -0.05) is 24.3 Å². The lowest BCUT2D eigenvalue weighted by Gasteiger charge is -2.15. The average Bonchev–Trinajstić information content (AvgIpc) is 3.23. The summed E-state index contributed by atoms with van der Waals surface area (Å²) in [6.45, 7) is 1.54. The summed E-state index contributed by atoms with van der Waals surface area (Å²) in [6.07, 6.45) is 1.84. The summed E-state index contributed by atoms with van der Waals surface area (Å²) in [5.41, 5.74) is 7.54. The molecule has 1 aliphatic rings. The number of para-hydroxylation sites is 2. The molecule has 2 aromatic carbocycles. The van der Waals surface area contributed by atoms with Crippen LogP contribution in [0.4, 0.5) is 5.69 Å². The number of benzene rings is 2. The van der Waals surface area contributed by atoms with Gasteiger partial charge in [0.05, 0.1) is 24.2 Å². The third kappa shape index (κ3) is 4.58. The van der Waals surface area contributed by atoms with Crippen molar-refractivity contribution in [2.45, 2.75) is 24.3 Å². The second-order valence-corrected chi connectivity index (χ2v) is 8.22. The van der Waals surface area contributed by atoms with Crippen LogP contribution in [0.2, 0.25) is 0 Å². The molecule has 3 N–H and O–H groups in total. The highest BCUT2D eigenvalue weighted by Crippen LogP contribution is 2.23. The molecule has 0 aromatic heterocycles. The predicted molar refractivity (Wildman–Crippen MR) is 106 cm³/mol. The van der Waals surface area contributed by atoms with Gasteiger partial charge in [-0.3, -0.25) is 0 Å². The molecule has 8 heteroatoms. The normalized spacial score (nSPS) is 15.7. The van der Waals surface area contributed by atoms with E-state index in [1.165, 1.54) is 4.31 Å². The zero-order valence-electron chi connectivity index (χ0n) is 15.3. The van der Waals surface area contributed by atoms with E-state index in [0.29, 0.717) is 30.3 Å². The number of ether oxygens (including phenoxy) is 1. The van der Waals surface area contributed by atoms with Crippen LogP contribution in [-0.4, -0.2) is 38.9 Å². The number of aliphatic imine (C=N–C) groups is 1. The second kappa shape index (κ2) is 8.41. The largest absolute Gasteiger partial charge is 0.495 e. The Bertz CT molecular complexity index is 905. The molecule has 0 saturated carbocycles. The van der Waals surface area contributed by atoms with Gasteiger partial charge < -0.3 is 15.8 Å². The molecule has 1 saturated heterocycles. The van der Waals surface area contributed by atoms with Crippen LogP contribution in [0, 0.1) is 0 Å². The molecule has 0 atom stereocenters. The Morgan fingerprint density at radius 1 is 1.15 bits per heavy atom. The van der Waals surface area contributed by atoms with Crippen molar-refractivity contribution in [1.29, 1.82) is 0 Å². The molecule has 0 unspecified atom stereocenters. The van der Waals surface area contributed by atoms with Crippen molar-refractivity contribution in [2.24, 2.45) is 10.7 Å². The van der Waals surface area contributed by atoms with Gasteiger partial charge in [-0.25, -0.2) is 13.4 Å². The van der Waals surface area contributed by atoms with E-state index < -0.39 is 10.0 Å². The van der Waals surface area contributed by atoms with E-state index in [2.05, 4.69) is 10.3 Å². The summed E-state index contributed by atoms with van der Waals surface area (Å²) >= 11 is 0. The molecule has 0 spiro atoms. The summed E-state index contributed by atoms with van der Waals surface area (Å²) in [6, 6.07) is 14.2. The Morgan fingerprint density at radius 2 is 1.81 bits per heavy atom. The minimum absolute atomic E-state index is 0.258. The molecule has 144 valence electrons. The van der Waals surface area contributed by atoms with Crippen LogP contribution in [0.1, 0.15) is 18.4 Å². The fraction of sp³-hybridized carbons (Fsp3) is 0.316. The molecule has 27 heavy (non-hydrogen) atoms. The van der Waals surface area contributed by atoms with E-state index in [1.807, 2.05) is 24.3 Å². The van der Waals surface area contributed by atoms with E-state index in [4.69, 9.17) is 10.5 Å². The van der Waals surface area contributed by atoms with Crippen molar-refractivity contribution >= 4 is 21.7 Å². The lowest BCUT2D eigenvalue weighted by molar-refractivity contribution is 0.417. The fourth-order valence-electron chi connectivity index (χ4n) is 2.95. The first-order chi connectivity index (χ1) is 13.0. The Labute approximate surface area is 159 Å². The summed E-state index contributed by atoms with van der Waals surface area (Å²) in [4.78, 5) is 4.62. The summed E-state index contributed by atoms with van der Waals surface area (Å²) in [5.74, 6) is 0.931. The fourth-order valence-corrected chi connectivity index (χ4v) is 4.46. The highest BCUT2D eigenvalue weighted by Gasteiger charge is 2.26. The number of nitrogens with zero attached hydrogens (tertiary/aromatic N) is 2. The predicted octanol–water partition coefficient (Wildman–Crippen LogP) is 2.41. The number of sulfonamides is 1. The van der Waals surface area contributed by atoms with Gasteiger partial charge in [0.1, 0.15) is 5.75 Å². The van der Waals surface area contributed by atoms with Gasteiger partial charge >= 0.3 is 0 Å². The van der Waals surface area contributed by atoms with Crippen LogP contribution in [0.15, 0.2) is 58.4 Å². The van der Waals surface area contributed by atoms with Gasteiger partial charge in [-0.2, -0.15) is 4.31 Å². The SMILES string of the molecule is COc1ccccc1NC(N)=NCc1ccc(S(=O)(=O)N2CCCC2)cc1.